The molecule has 2 heteroatoms. The van der Waals surface area contributed by atoms with Gasteiger partial charge in [0.25, 0.3) is 0 Å². The summed E-state index contributed by atoms with van der Waals surface area (Å²) in [7, 11) is 0.455. The molecule has 1 aliphatic heterocycles. The van der Waals surface area contributed by atoms with Crippen molar-refractivity contribution in [1.82, 2.24) is 0 Å². The van der Waals surface area contributed by atoms with Gasteiger partial charge in [0.2, 0.25) is 0 Å². The molecule has 2 rings (SSSR count). The van der Waals surface area contributed by atoms with Crippen LogP contribution < -0.4 is 0 Å². The van der Waals surface area contributed by atoms with Crippen LogP contribution in [0.2, 0.25) is 0 Å². The zero-order chi connectivity index (χ0) is 9.80. The summed E-state index contributed by atoms with van der Waals surface area (Å²) in [5.74, 6) is 3.09. The topological polar surface area (TPSA) is 20.2 Å². The van der Waals surface area contributed by atoms with E-state index in [0.29, 0.717) is 16.6 Å². The van der Waals surface area contributed by atoms with E-state index in [1.165, 1.54) is 42.1 Å². The molecule has 76 valence electrons. The molecular formula is C12H17OS+. The van der Waals surface area contributed by atoms with Gasteiger partial charge < -0.3 is 5.11 Å². The molecule has 1 saturated heterocycles. The highest BCUT2D eigenvalue weighted by Crippen LogP contribution is 2.23. The van der Waals surface area contributed by atoms with Crippen LogP contribution in [-0.2, 0) is 10.9 Å². The van der Waals surface area contributed by atoms with Crippen LogP contribution in [0.4, 0.5) is 0 Å². The molecule has 1 aromatic carbocycles. The first kappa shape index (κ1) is 9.91. The Morgan fingerprint density at radius 1 is 0.857 bits per heavy atom. The largest absolute Gasteiger partial charge is 0.508 e. The molecule has 1 aromatic rings. The lowest BCUT2D eigenvalue weighted by atomic mass is 10.2. The molecule has 0 atom stereocenters. The Balaban J connectivity index is 2.08. The molecule has 0 radical (unpaired) electrons. The normalized spacial score (nSPS) is 19.1. The second-order valence-corrected chi connectivity index (χ2v) is 6.08. The minimum atomic E-state index is 0.382. The van der Waals surface area contributed by atoms with Crippen molar-refractivity contribution in [2.75, 3.05) is 11.5 Å². The molecule has 1 aliphatic rings. The van der Waals surface area contributed by atoms with Crippen molar-refractivity contribution >= 4 is 10.9 Å². The van der Waals surface area contributed by atoms with E-state index in [1.807, 2.05) is 12.1 Å². The molecule has 0 aliphatic carbocycles. The Morgan fingerprint density at radius 2 is 1.43 bits per heavy atom. The van der Waals surface area contributed by atoms with Crippen molar-refractivity contribution in [2.45, 2.75) is 30.6 Å². The number of aromatic hydroxyl groups is 1. The third kappa shape index (κ3) is 2.44. The summed E-state index contributed by atoms with van der Waals surface area (Å²) in [6.07, 6.45) is 5.57. The van der Waals surface area contributed by atoms with E-state index in [1.54, 1.807) is 0 Å². The maximum atomic E-state index is 9.21. The van der Waals surface area contributed by atoms with Crippen LogP contribution in [0.3, 0.4) is 0 Å². The minimum Gasteiger partial charge on any atom is -0.508 e. The van der Waals surface area contributed by atoms with E-state index in [4.69, 9.17) is 0 Å². The monoisotopic (exact) mass is 209 g/mol. The lowest BCUT2D eigenvalue weighted by Gasteiger charge is -2.04. The second-order valence-electron chi connectivity index (χ2n) is 3.81. The predicted molar refractivity (Wildman–Crippen MR) is 61.9 cm³/mol. The Bertz CT molecular complexity index is 273. The van der Waals surface area contributed by atoms with Gasteiger partial charge in [-0.1, -0.05) is 0 Å². The van der Waals surface area contributed by atoms with Gasteiger partial charge in [-0.2, -0.15) is 0 Å². The van der Waals surface area contributed by atoms with E-state index >= 15 is 0 Å². The van der Waals surface area contributed by atoms with E-state index in [2.05, 4.69) is 12.1 Å². The van der Waals surface area contributed by atoms with Gasteiger partial charge in [-0.05, 0) is 49.9 Å². The van der Waals surface area contributed by atoms with Gasteiger partial charge in [0.1, 0.15) is 17.3 Å². The first-order chi connectivity index (χ1) is 6.86. The molecule has 0 unspecified atom stereocenters. The van der Waals surface area contributed by atoms with Crippen molar-refractivity contribution in [3.05, 3.63) is 24.3 Å². The van der Waals surface area contributed by atoms with Crippen molar-refractivity contribution in [3.8, 4) is 5.75 Å². The van der Waals surface area contributed by atoms with Crippen molar-refractivity contribution < 1.29 is 5.11 Å². The Labute approximate surface area is 88.5 Å². The van der Waals surface area contributed by atoms with Gasteiger partial charge in [0, 0.05) is 10.9 Å². The van der Waals surface area contributed by atoms with E-state index in [-0.39, 0.29) is 0 Å². The number of phenolic OH excluding ortho intramolecular Hbond substituents is 1. The Morgan fingerprint density at radius 3 is 2.00 bits per heavy atom. The SMILES string of the molecule is Oc1ccc([S+]2CCCCCC2)cc1. The highest BCUT2D eigenvalue weighted by Gasteiger charge is 2.22. The quantitative estimate of drug-likeness (QED) is 0.705. The van der Waals surface area contributed by atoms with Gasteiger partial charge in [-0.25, -0.2) is 0 Å². The number of benzene rings is 1. The molecule has 1 N–H and O–H groups in total. The number of hydrogen-bond donors (Lipinski definition) is 1. The van der Waals surface area contributed by atoms with Crippen molar-refractivity contribution in [1.29, 1.82) is 0 Å². The van der Waals surface area contributed by atoms with Crippen molar-refractivity contribution in [2.24, 2.45) is 0 Å². The summed E-state index contributed by atoms with van der Waals surface area (Å²) in [5, 5.41) is 9.21. The lowest BCUT2D eigenvalue weighted by Crippen LogP contribution is -2.10. The van der Waals surface area contributed by atoms with Crippen molar-refractivity contribution in [3.63, 3.8) is 0 Å². The van der Waals surface area contributed by atoms with Gasteiger partial charge in [-0.15, -0.1) is 0 Å². The molecular weight excluding hydrogens is 192 g/mol. The molecule has 0 amide bonds. The van der Waals surface area contributed by atoms with Gasteiger partial charge in [0.05, 0.1) is 0 Å². The smallest absolute Gasteiger partial charge is 0.155 e. The highest BCUT2D eigenvalue weighted by molar-refractivity contribution is 7.96. The lowest BCUT2D eigenvalue weighted by molar-refractivity contribution is 0.475. The van der Waals surface area contributed by atoms with Crippen LogP contribution in [0.15, 0.2) is 29.2 Å². The molecule has 1 heterocycles. The minimum absolute atomic E-state index is 0.382. The molecule has 0 saturated carbocycles. The van der Waals surface area contributed by atoms with Crippen LogP contribution in [0.5, 0.6) is 5.75 Å². The molecule has 14 heavy (non-hydrogen) atoms. The fourth-order valence-electron chi connectivity index (χ4n) is 1.88. The van der Waals surface area contributed by atoms with Crippen LogP contribution in [0, 0.1) is 0 Å². The Hall–Kier alpha value is -0.630. The summed E-state index contributed by atoms with van der Waals surface area (Å²) >= 11 is 0. The second kappa shape index (κ2) is 4.74. The van der Waals surface area contributed by atoms with Gasteiger partial charge in [0.15, 0.2) is 4.90 Å². The maximum Gasteiger partial charge on any atom is 0.155 e. The highest BCUT2D eigenvalue weighted by atomic mass is 32.2. The van der Waals surface area contributed by atoms with E-state index in [0.717, 1.165) is 0 Å². The summed E-state index contributed by atoms with van der Waals surface area (Å²) in [6.45, 7) is 0. The predicted octanol–water partition coefficient (Wildman–Crippen LogP) is 2.94. The van der Waals surface area contributed by atoms with Crippen LogP contribution in [0.1, 0.15) is 25.7 Å². The molecule has 1 fully saturated rings. The summed E-state index contributed by atoms with van der Waals surface area (Å²) < 4.78 is 0. The third-order valence-electron chi connectivity index (χ3n) is 2.70. The fourth-order valence-corrected chi connectivity index (χ4v) is 4.18. The van der Waals surface area contributed by atoms with Crippen LogP contribution >= 0.6 is 0 Å². The average Bonchev–Trinajstić information content (AvgIpc) is 2.47. The molecule has 0 bridgehead atoms. The summed E-state index contributed by atoms with van der Waals surface area (Å²) in [6, 6.07) is 7.80. The first-order valence-electron chi connectivity index (χ1n) is 5.33. The molecule has 1 nitrogen and oxygen atoms in total. The van der Waals surface area contributed by atoms with Crippen LogP contribution in [-0.4, -0.2) is 16.6 Å². The zero-order valence-electron chi connectivity index (χ0n) is 8.41. The van der Waals surface area contributed by atoms with E-state index < -0.39 is 0 Å². The summed E-state index contributed by atoms with van der Waals surface area (Å²) in [4.78, 5) is 1.43. The number of hydrogen-bond acceptors (Lipinski definition) is 1. The number of phenols is 1. The Kier molecular flexibility index (Phi) is 3.35. The van der Waals surface area contributed by atoms with E-state index in [9.17, 15) is 5.11 Å². The number of rotatable bonds is 1. The van der Waals surface area contributed by atoms with Crippen LogP contribution in [0.25, 0.3) is 0 Å². The first-order valence-corrected chi connectivity index (χ1v) is 6.89. The average molecular weight is 209 g/mol. The fraction of sp³-hybridized carbons (Fsp3) is 0.500. The van der Waals surface area contributed by atoms with Gasteiger partial charge in [-0.3, -0.25) is 0 Å². The third-order valence-corrected chi connectivity index (χ3v) is 5.20. The summed E-state index contributed by atoms with van der Waals surface area (Å²) in [5.41, 5.74) is 0. The maximum absolute atomic E-state index is 9.21. The van der Waals surface area contributed by atoms with Gasteiger partial charge >= 0.3 is 0 Å². The standard InChI is InChI=1S/C12H16OS/c13-11-5-7-12(8-6-11)14-9-3-1-2-4-10-14/h5-8H,1-4,9-10H2/p+1. The molecule has 0 spiro atoms. The zero-order valence-corrected chi connectivity index (χ0v) is 9.22. The molecule has 0 aromatic heterocycles.